The van der Waals surface area contributed by atoms with Crippen molar-refractivity contribution in [3.8, 4) is 0 Å². The molecule has 1 saturated heterocycles. The fourth-order valence-corrected chi connectivity index (χ4v) is 2.68. The van der Waals surface area contributed by atoms with Gasteiger partial charge in [0.15, 0.2) is 0 Å². The van der Waals surface area contributed by atoms with Crippen LogP contribution >= 0.6 is 27.5 Å². The van der Waals surface area contributed by atoms with Gasteiger partial charge < -0.3 is 10.6 Å². The Kier molecular flexibility index (Phi) is 5.03. The van der Waals surface area contributed by atoms with Crippen LogP contribution in [0, 0.1) is 5.92 Å². The fraction of sp³-hybridized carbons (Fsp3) is 0.462. The minimum absolute atomic E-state index is 0.104. The third-order valence-electron chi connectivity index (χ3n) is 3.17. The smallest absolute Gasteiger partial charge is 0.252 e. The van der Waals surface area contributed by atoms with E-state index in [1.54, 1.807) is 12.1 Å². The van der Waals surface area contributed by atoms with Crippen molar-refractivity contribution in [1.82, 2.24) is 10.6 Å². The summed E-state index contributed by atoms with van der Waals surface area (Å²) in [6.45, 7) is 2.86. The second-order valence-corrected chi connectivity index (χ2v) is 5.85. The van der Waals surface area contributed by atoms with Gasteiger partial charge in [-0.15, -0.1) is 0 Å². The predicted octanol–water partition coefficient (Wildman–Crippen LogP) is 2.83. The average Bonchev–Trinajstić information content (AvgIpc) is 2.85. The molecule has 1 aromatic rings. The van der Waals surface area contributed by atoms with Crippen molar-refractivity contribution < 1.29 is 4.79 Å². The summed E-state index contributed by atoms with van der Waals surface area (Å²) in [7, 11) is 0. The van der Waals surface area contributed by atoms with Gasteiger partial charge in [0.2, 0.25) is 0 Å². The largest absolute Gasteiger partial charge is 0.352 e. The number of nitrogens with one attached hydrogen (secondary N) is 2. The van der Waals surface area contributed by atoms with Crippen LogP contribution in [-0.2, 0) is 0 Å². The molecule has 18 heavy (non-hydrogen) atoms. The molecule has 1 fully saturated rings. The summed E-state index contributed by atoms with van der Waals surface area (Å²) in [5, 5.41) is 6.73. The maximum absolute atomic E-state index is 12.0. The van der Waals surface area contributed by atoms with Gasteiger partial charge in [-0.3, -0.25) is 4.79 Å². The van der Waals surface area contributed by atoms with Crippen molar-refractivity contribution in [2.24, 2.45) is 5.92 Å². The molecule has 98 valence electrons. The Bertz CT molecular complexity index is 433. The maximum Gasteiger partial charge on any atom is 0.252 e. The summed E-state index contributed by atoms with van der Waals surface area (Å²) in [5.74, 6) is 0.579. The molecule has 1 aliphatic rings. The number of benzene rings is 1. The first-order valence-electron chi connectivity index (χ1n) is 6.11. The average molecular weight is 332 g/mol. The van der Waals surface area contributed by atoms with Gasteiger partial charge in [0.1, 0.15) is 0 Å². The van der Waals surface area contributed by atoms with Crippen LogP contribution in [0.4, 0.5) is 0 Å². The molecule has 0 radical (unpaired) electrons. The van der Waals surface area contributed by atoms with Gasteiger partial charge in [-0.05, 0) is 50.0 Å². The van der Waals surface area contributed by atoms with Gasteiger partial charge in [-0.1, -0.05) is 27.5 Å². The lowest BCUT2D eigenvalue weighted by molar-refractivity contribution is 0.0952. The summed E-state index contributed by atoms with van der Waals surface area (Å²) in [4.78, 5) is 12.0. The molecule has 2 rings (SSSR count). The van der Waals surface area contributed by atoms with E-state index in [0.717, 1.165) is 24.0 Å². The van der Waals surface area contributed by atoms with Crippen LogP contribution < -0.4 is 10.6 Å². The highest BCUT2D eigenvalue weighted by atomic mass is 79.9. The SMILES string of the molecule is O=C(NCCC1CCNC1)c1cc(Br)ccc1Cl. The molecular weight excluding hydrogens is 316 g/mol. The third kappa shape index (κ3) is 3.70. The van der Waals surface area contributed by atoms with Crippen LogP contribution in [0.2, 0.25) is 5.02 Å². The minimum Gasteiger partial charge on any atom is -0.352 e. The highest BCUT2D eigenvalue weighted by Gasteiger charge is 2.15. The van der Waals surface area contributed by atoms with Crippen LogP contribution in [0.1, 0.15) is 23.2 Å². The molecule has 5 heteroatoms. The lowest BCUT2D eigenvalue weighted by atomic mass is 10.1. The zero-order valence-electron chi connectivity index (χ0n) is 10.0. The first-order chi connectivity index (χ1) is 8.66. The van der Waals surface area contributed by atoms with E-state index < -0.39 is 0 Å². The molecule has 1 atom stereocenters. The van der Waals surface area contributed by atoms with Crippen molar-refractivity contribution in [3.05, 3.63) is 33.3 Å². The Balaban J connectivity index is 1.85. The van der Waals surface area contributed by atoms with Crippen molar-refractivity contribution in [2.45, 2.75) is 12.8 Å². The van der Waals surface area contributed by atoms with E-state index in [4.69, 9.17) is 11.6 Å². The molecule has 0 saturated carbocycles. The van der Waals surface area contributed by atoms with E-state index in [1.807, 2.05) is 6.07 Å². The zero-order valence-corrected chi connectivity index (χ0v) is 12.4. The second kappa shape index (κ2) is 6.55. The van der Waals surface area contributed by atoms with Crippen LogP contribution in [0.5, 0.6) is 0 Å². The lowest BCUT2D eigenvalue weighted by Gasteiger charge is -2.10. The van der Waals surface area contributed by atoms with E-state index in [0.29, 0.717) is 23.0 Å². The summed E-state index contributed by atoms with van der Waals surface area (Å²) < 4.78 is 0.858. The predicted molar refractivity (Wildman–Crippen MR) is 77.1 cm³/mol. The van der Waals surface area contributed by atoms with Gasteiger partial charge in [0, 0.05) is 11.0 Å². The number of amides is 1. The van der Waals surface area contributed by atoms with Crippen LogP contribution in [0.15, 0.2) is 22.7 Å². The van der Waals surface area contributed by atoms with Gasteiger partial charge >= 0.3 is 0 Å². The number of halogens is 2. The number of carbonyl (C=O) groups excluding carboxylic acids is 1. The normalized spacial score (nSPS) is 18.9. The molecule has 1 unspecified atom stereocenters. The summed E-state index contributed by atoms with van der Waals surface area (Å²) in [6, 6.07) is 5.29. The van der Waals surface area contributed by atoms with E-state index in [2.05, 4.69) is 26.6 Å². The highest BCUT2D eigenvalue weighted by Crippen LogP contribution is 2.21. The zero-order chi connectivity index (χ0) is 13.0. The number of hydrogen-bond acceptors (Lipinski definition) is 2. The van der Waals surface area contributed by atoms with Gasteiger partial charge in [0.05, 0.1) is 10.6 Å². The summed E-state index contributed by atoms with van der Waals surface area (Å²) >= 11 is 9.35. The Morgan fingerprint density at radius 3 is 3.11 bits per heavy atom. The van der Waals surface area contributed by atoms with Gasteiger partial charge in [0.25, 0.3) is 5.91 Å². The number of hydrogen-bond donors (Lipinski definition) is 2. The molecule has 0 aromatic heterocycles. The molecule has 0 spiro atoms. The molecule has 1 heterocycles. The van der Waals surface area contributed by atoms with Gasteiger partial charge in [-0.25, -0.2) is 0 Å². The topological polar surface area (TPSA) is 41.1 Å². The molecule has 2 N–H and O–H groups in total. The Morgan fingerprint density at radius 2 is 2.39 bits per heavy atom. The van der Waals surface area contributed by atoms with Crippen molar-refractivity contribution >= 4 is 33.4 Å². The Morgan fingerprint density at radius 1 is 1.56 bits per heavy atom. The first kappa shape index (κ1) is 13.8. The lowest BCUT2D eigenvalue weighted by Crippen LogP contribution is -2.26. The first-order valence-corrected chi connectivity index (χ1v) is 7.28. The highest BCUT2D eigenvalue weighted by molar-refractivity contribution is 9.10. The standard InChI is InChI=1S/C13H16BrClN2O/c14-10-1-2-12(15)11(7-10)13(18)17-6-4-9-3-5-16-8-9/h1-2,7,9,16H,3-6,8H2,(H,17,18). The van der Waals surface area contributed by atoms with Crippen LogP contribution in [-0.4, -0.2) is 25.5 Å². The quantitative estimate of drug-likeness (QED) is 0.891. The number of carbonyl (C=O) groups is 1. The molecular formula is C13H16BrClN2O. The van der Waals surface area contributed by atoms with E-state index in [1.165, 1.54) is 6.42 Å². The maximum atomic E-state index is 12.0. The van der Waals surface area contributed by atoms with Crippen molar-refractivity contribution in [3.63, 3.8) is 0 Å². The van der Waals surface area contributed by atoms with Crippen molar-refractivity contribution in [1.29, 1.82) is 0 Å². The third-order valence-corrected chi connectivity index (χ3v) is 4.00. The fourth-order valence-electron chi connectivity index (χ4n) is 2.12. The monoisotopic (exact) mass is 330 g/mol. The molecule has 3 nitrogen and oxygen atoms in total. The molecule has 0 aliphatic carbocycles. The molecule has 1 aliphatic heterocycles. The van der Waals surface area contributed by atoms with Crippen molar-refractivity contribution in [2.75, 3.05) is 19.6 Å². The Labute approximate surface area is 120 Å². The summed E-state index contributed by atoms with van der Waals surface area (Å²) in [6.07, 6.45) is 2.22. The van der Waals surface area contributed by atoms with Crippen LogP contribution in [0.25, 0.3) is 0 Å². The second-order valence-electron chi connectivity index (χ2n) is 4.53. The van der Waals surface area contributed by atoms with E-state index in [9.17, 15) is 4.79 Å². The van der Waals surface area contributed by atoms with E-state index in [-0.39, 0.29) is 5.91 Å². The van der Waals surface area contributed by atoms with Gasteiger partial charge in [-0.2, -0.15) is 0 Å². The molecule has 0 bridgehead atoms. The number of rotatable bonds is 4. The minimum atomic E-state index is -0.104. The van der Waals surface area contributed by atoms with E-state index >= 15 is 0 Å². The van der Waals surface area contributed by atoms with Crippen LogP contribution in [0.3, 0.4) is 0 Å². The Hall–Kier alpha value is -0.580. The molecule has 1 aromatic carbocycles. The molecule has 1 amide bonds. The summed E-state index contributed by atoms with van der Waals surface area (Å²) in [5.41, 5.74) is 0.524.